The Labute approximate surface area is 189 Å². The lowest BCUT2D eigenvalue weighted by atomic mass is 9.79. The number of piperidine rings is 2. The summed E-state index contributed by atoms with van der Waals surface area (Å²) in [5.41, 5.74) is 0.0840. The molecule has 1 aliphatic carbocycles. The Balaban J connectivity index is 1.27. The molecule has 0 aromatic rings. The molecule has 4 atom stereocenters. The predicted molar refractivity (Wildman–Crippen MR) is 122 cm³/mol. The Bertz CT molecular complexity index is 543. The second kappa shape index (κ2) is 10.8. The summed E-state index contributed by atoms with van der Waals surface area (Å²) in [5.74, 6) is 0.799. The fourth-order valence-corrected chi connectivity index (χ4v) is 6.99. The van der Waals surface area contributed by atoms with Crippen molar-refractivity contribution in [1.29, 1.82) is 0 Å². The van der Waals surface area contributed by atoms with E-state index in [-0.39, 0.29) is 11.8 Å². The third-order valence-electron chi connectivity index (χ3n) is 8.80. The van der Waals surface area contributed by atoms with E-state index in [0.717, 1.165) is 38.9 Å². The Morgan fingerprint density at radius 3 is 2.58 bits per heavy atom. The molecule has 6 aliphatic rings. The van der Waals surface area contributed by atoms with E-state index in [1.54, 1.807) is 0 Å². The summed E-state index contributed by atoms with van der Waals surface area (Å²) in [6.45, 7) is 6.80. The topological polar surface area (TPSA) is 55.0 Å². The third kappa shape index (κ3) is 5.47. The highest BCUT2D eigenvalue weighted by Gasteiger charge is 2.46. The lowest BCUT2D eigenvalue weighted by Crippen LogP contribution is -2.70. The first kappa shape index (κ1) is 22.5. The number of morpholine rings is 1. The van der Waals surface area contributed by atoms with Gasteiger partial charge in [0.1, 0.15) is 6.23 Å². The smallest absolute Gasteiger partial charge is 0.108 e. The number of ether oxygens (including phenoxy) is 3. The van der Waals surface area contributed by atoms with Crippen molar-refractivity contribution in [1.82, 2.24) is 15.5 Å². The average Bonchev–Trinajstić information content (AvgIpc) is 2.82. The molecule has 0 radical (unpaired) electrons. The lowest BCUT2D eigenvalue weighted by molar-refractivity contribution is -0.0922. The van der Waals surface area contributed by atoms with Crippen LogP contribution in [0.25, 0.3) is 0 Å². The van der Waals surface area contributed by atoms with Crippen LogP contribution in [0.1, 0.15) is 77.0 Å². The zero-order valence-electron chi connectivity index (χ0n) is 19.5. The molecule has 0 aromatic carbocycles. The van der Waals surface area contributed by atoms with Gasteiger partial charge < -0.3 is 19.5 Å². The second-order valence-electron chi connectivity index (χ2n) is 10.8. The molecule has 0 aromatic heterocycles. The maximum absolute atomic E-state index is 6.67. The molecule has 1 saturated carbocycles. The van der Waals surface area contributed by atoms with Crippen molar-refractivity contribution in [2.45, 2.75) is 107 Å². The maximum Gasteiger partial charge on any atom is 0.108 e. The van der Waals surface area contributed by atoms with Gasteiger partial charge in [-0.15, -0.1) is 0 Å². The monoisotopic (exact) mass is 435 g/mol. The zero-order valence-corrected chi connectivity index (χ0v) is 19.5. The van der Waals surface area contributed by atoms with Gasteiger partial charge in [-0.3, -0.25) is 10.2 Å². The molecule has 4 bridgehead atoms. The number of nitrogens with zero attached hydrogens (tertiary/aromatic N) is 1. The number of rotatable bonds is 0. The van der Waals surface area contributed by atoms with Crippen LogP contribution in [0, 0.1) is 5.92 Å². The van der Waals surface area contributed by atoms with E-state index in [1.807, 2.05) is 0 Å². The number of fused-ring (bicyclic) bond motifs is 8. The van der Waals surface area contributed by atoms with Crippen LogP contribution in [0.15, 0.2) is 0 Å². The molecule has 2 unspecified atom stereocenters. The fourth-order valence-electron chi connectivity index (χ4n) is 6.99. The molecule has 178 valence electrons. The molecular weight excluding hydrogens is 390 g/mol. The Morgan fingerprint density at radius 1 is 0.806 bits per heavy atom. The van der Waals surface area contributed by atoms with E-state index < -0.39 is 0 Å². The molecule has 5 saturated heterocycles. The first-order valence-electron chi connectivity index (χ1n) is 13.4. The summed E-state index contributed by atoms with van der Waals surface area (Å²) in [6.07, 6.45) is 15.7. The van der Waals surface area contributed by atoms with E-state index in [0.29, 0.717) is 18.2 Å². The summed E-state index contributed by atoms with van der Waals surface area (Å²) in [5, 5.41) is 7.75. The molecule has 31 heavy (non-hydrogen) atoms. The predicted octanol–water partition coefficient (Wildman–Crippen LogP) is 3.05. The maximum atomic E-state index is 6.67. The van der Waals surface area contributed by atoms with Gasteiger partial charge in [-0.1, -0.05) is 0 Å². The third-order valence-corrected chi connectivity index (χ3v) is 8.80. The van der Waals surface area contributed by atoms with Crippen molar-refractivity contribution in [3.8, 4) is 0 Å². The van der Waals surface area contributed by atoms with Gasteiger partial charge in [0, 0.05) is 19.2 Å². The highest BCUT2D eigenvalue weighted by Crippen LogP contribution is 2.35. The summed E-state index contributed by atoms with van der Waals surface area (Å²) in [7, 11) is 0. The minimum Gasteiger partial charge on any atom is -0.378 e. The highest BCUT2D eigenvalue weighted by atomic mass is 16.5. The molecule has 1 spiro atoms. The van der Waals surface area contributed by atoms with E-state index in [4.69, 9.17) is 14.2 Å². The molecule has 6 rings (SSSR count). The molecule has 6 heteroatoms. The molecule has 2 N–H and O–H groups in total. The summed E-state index contributed by atoms with van der Waals surface area (Å²) >= 11 is 0. The van der Waals surface area contributed by atoms with Gasteiger partial charge >= 0.3 is 0 Å². The van der Waals surface area contributed by atoms with Gasteiger partial charge in [0.25, 0.3) is 0 Å². The van der Waals surface area contributed by atoms with Crippen molar-refractivity contribution in [3.05, 3.63) is 0 Å². The molecule has 6 fully saturated rings. The normalized spacial score (nSPS) is 43.9. The molecule has 0 amide bonds. The molecule has 5 heterocycles. The van der Waals surface area contributed by atoms with Crippen LogP contribution < -0.4 is 10.6 Å². The van der Waals surface area contributed by atoms with Crippen LogP contribution in [0.2, 0.25) is 0 Å². The van der Waals surface area contributed by atoms with Crippen molar-refractivity contribution in [2.24, 2.45) is 5.92 Å². The fraction of sp³-hybridized carbons (Fsp3) is 1.00. The van der Waals surface area contributed by atoms with Crippen molar-refractivity contribution in [3.63, 3.8) is 0 Å². The first-order chi connectivity index (χ1) is 15.3. The van der Waals surface area contributed by atoms with E-state index >= 15 is 0 Å². The number of hydrogen-bond donors (Lipinski definition) is 2. The first-order valence-corrected chi connectivity index (χ1v) is 13.4. The van der Waals surface area contributed by atoms with Crippen LogP contribution in [0.4, 0.5) is 0 Å². The molecular formula is C25H45N3O3. The van der Waals surface area contributed by atoms with Crippen molar-refractivity contribution >= 4 is 0 Å². The van der Waals surface area contributed by atoms with Crippen LogP contribution in [-0.4, -0.2) is 80.9 Å². The van der Waals surface area contributed by atoms with Crippen molar-refractivity contribution < 1.29 is 14.2 Å². The van der Waals surface area contributed by atoms with Crippen LogP contribution in [-0.2, 0) is 14.2 Å². The highest BCUT2D eigenvalue weighted by molar-refractivity contribution is 5.04. The van der Waals surface area contributed by atoms with Gasteiger partial charge in [-0.05, 0) is 96.1 Å². The van der Waals surface area contributed by atoms with Gasteiger partial charge in [-0.2, -0.15) is 0 Å². The average molecular weight is 436 g/mol. The Hall–Kier alpha value is -0.240. The Morgan fingerprint density at radius 2 is 1.71 bits per heavy atom. The van der Waals surface area contributed by atoms with E-state index in [1.165, 1.54) is 90.1 Å². The quantitative estimate of drug-likeness (QED) is 0.610. The van der Waals surface area contributed by atoms with Gasteiger partial charge in [0.2, 0.25) is 0 Å². The molecule has 5 aliphatic heterocycles. The second-order valence-corrected chi connectivity index (χ2v) is 10.8. The molecule has 6 nitrogen and oxygen atoms in total. The van der Waals surface area contributed by atoms with E-state index in [2.05, 4.69) is 15.5 Å². The van der Waals surface area contributed by atoms with Crippen LogP contribution in [0.5, 0.6) is 0 Å². The minimum absolute atomic E-state index is 0.0840. The zero-order chi connectivity index (χ0) is 20.9. The summed E-state index contributed by atoms with van der Waals surface area (Å²) in [6, 6.07) is 1.09. The van der Waals surface area contributed by atoms with Gasteiger partial charge in [0.15, 0.2) is 0 Å². The minimum atomic E-state index is 0.0840. The summed E-state index contributed by atoms with van der Waals surface area (Å²) < 4.78 is 18.9. The van der Waals surface area contributed by atoms with Crippen LogP contribution in [0.3, 0.4) is 0 Å². The largest absolute Gasteiger partial charge is 0.378 e. The number of hydrogen-bond acceptors (Lipinski definition) is 6. The van der Waals surface area contributed by atoms with E-state index in [9.17, 15) is 0 Å². The standard InChI is InChI=1S/C25H45N3O3/c1-2-14-28-15-5-12-25(19-29-17-13-26-25)23(28)18-31-21-10-8-20(9-11-21)22-6-4-7-24(27-22)30-16-3-1/h20-24,26-27H,1-19H2/t20?,21?,22?,23-,24?,25+/m1/s1. The Kier molecular flexibility index (Phi) is 7.85. The lowest BCUT2D eigenvalue weighted by Gasteiger charge is -2.52. The summed E-state index contributed by atoms with van der Waals surface area (Å²) in [4.78, 5) is 2.73. The van der Waals surface area contributed by atoms with Crippen LogP contribution >= 0.6 is 0 Å². The van der Waals surface area contributed by atoms with Gasteiger partial charge in [-0.25, -0.2) is 0 Å². The van der Waals surface area contributed by atoms with Gasteiger partial charge in [0.05, 0.1) is 37.5 Å². The SMILES string of the molecule is C1CCOC2CCCC(N2)C2CCC(CC2)OC[C@H]2N(CC1)CCC[C@]21COCCN1. The van der Waals surface area contributed by atoms with Crippen molar-refractivity contribution in [2.75, 3.05) is 46.1 Å². The number of nitrogens with one attached hydrogen (secondary N) is 2.